The van der Waals surface area contributed by atoms with Gasteiger partial charge in [-0.05, 0) is 32.3 Å². The van der Waals surface area contributed by atoms with Gasteiger partial charge in [0.05, 0.1) is 0 Å². The second-order valence-electron chi connectivity index (χ2n) is 4.90. The molecule has 1 amide bonds. The Labute approximate surface area is 118 Å². The maximum Gasteiger partial charge on any atom is 0.325 e. The van der Waals surface area contributed by atoms with E-state index in [9.17, 15) is 14.4 Å². The third kappa shape index (κ3) is 6.36. The number of amides is 1. The normalized spacial score (nSPS) is 19.8. The van der Waals surface area contributed by atoms with Gasteiger partial charge in [-0.1, -0.05) is 12.8 Å². The van der Waals surface area contributed by atoms with E-state index in [-0.39, 0.29) is 0 Å². The molecule has 0 aromatic carbocycles. The minimum absolute atomic E-state index is 0.463. The lowest BCUT2D eigenvalue weighted by Crippen LogP contribution is -2.39. The van der Waals surface area contributed by atoms with Crippen molar-refractivity contribution in [3.05, 3.63) is 11.8 Å². The van der Waals surface area contributed by atoms with Gasteiger partial charge in [0, 0.05) is 6.42 Å². The zero-order chi connectivity index (χ0) is 15.0. The molecule has 0 saturated carbocycles. The van der Waals surface area contributed by atoms with Crippen LogP contribution >= 0.6 is 0 Å². The van der Waals surface area contributed by atoms with Crippen LogP contribution in [0.2, 0.25) is 0 Å². The fourth-order valence-corrected chi connectivity index (χ4v) is 1.92. The van der Waals surface area contributed by atoms with Crippen molar-refractivity contribution in [2.24, 2.45) is 0 Å². The first-order chi connectivity index (χ1) is 9.49. The molecule has 0 saturated heterocycles. The molecule has 0 radical (unpaired) electrons. The molecular formula is C14H21NO5. The van der Waals surface area contributed by atoms with Gasteiger partial charge in [0.2, 0.25) is 5.91 Å². The van der Waals surface area contributed by atoms with E-state index in [4.69, 9.17) is 9.84 Å². The number of ether oxygens (including phenoxy) is 1. The van der Waals surface area contributed by atoms with Gasteiger partial charge in [-0.15, -0.1) is 0 Å². The topological polar surface area (TPSA) is 92.7 Å². The summed E-state index contributed by atoms with van der Waals surface area (Å²) in [6, 6.07) is -1.02. The maximum absolute atomic E-state index is 11.6. The Morgan fingerprint density at radius 3 is 2.70 bits per heavy atom. The average Bonchev–Trinajstić information content (AvgIpc) is 2.31. The average molecular weight is 283 g/mol. The number of esters is 1. The van der Waals surface area contributed by atoms with Crippen LogP contribution in [0.4, 0.5) is 0 Å². The number of carbonyl (C=O) groups excluding carboxylic acids is 2. The number of carboxylic acid groups (broad SMARTS) is 1. The van der Waals surface area contributed by atoms with Crippen molar-refractivity contribution < 1.29 is 24.2 Å². The first kappa shape index (κ1) is 16.2. The maximum atomic E-state index is 11.6. The van der Waals surface area contributed by atoms with Crippen LogP contribution in [-0.4, -0.2) is 29.0 Å². The number of hydrogen-bond donors (Lipinski definition) is 2. The largest absolute Gasteiger partial charge is 0.480 e. The van der Waals surface area contributed by atoms with E-state index in [1.807, 2.05) is 6.08 Å². The summed E-state index contributed by atoms with van der Waals surface area (Å²) in [5.74, 6) is -1.81. The lowest BCUT2D eigenvalue weighted by atomic mass is 10.1. The first-order valence-corrected chi connectivity index (χ1v) is 6.91. The highest BCUT2D eigenvalue weighted by Gasteiger charge is 2.18. The second kappa shape index (κ2) is 8.35. The summed E-state index contributed by atoms with van der Waals surface area (Å²) < 4.78 is 5.15. The lowest BCUT2D eigenvalue weighted by Gasteiger charge is -2.12. The smallest absolute Gasteiger partial charge is 0.325 e. The van der Waals surface area contributed by atoms with E-state index in [0.29, 0.717) is 12.2 Å². The van der Waals surface area contributed by atoms with Crippen LogP contribution in [0.3, 0.4) is 0 Å². The Morgan fingerprint density at radius 2 is 2.00 bits per heavy atom. The molecular weight excluding hydrogens is 262 g/mol. The number of nitrogens with one attached hydrogen (secondary N) is 1. The van der Waals surface area contributed by atoms with E-state index in [1.165, 1.54) is 13.3 Å². The number of carbonyl (C=O) groups is 3. The monoisotopic (exact) mass is 283 g/mol. The van der Waals surface area contributed by atoms with E-state index < -0.39 is 30.3 Å². The third-order valence-corrected chi connectivity index (χ3v) is 3.05. The summed E-state index contributed by atoms with van der Waals surface area (Å²) >= 11 is 0. The van der Waals surface area contributed by atoms with Crippen LogP contribution in [-0.2, 0) is 19.1 Å². The van der Waals surface area contributed by atoms with Gasteiger partial charge < -0.3 is 15.2 Å². The molecule has 112 valence electrons. The molecule has 6 heteroatoms. The van der Waals surface area contributed by atoms with Crippen LogP contribution in [0.25, 0.3) is 0 Å². The summed E-state index contributed by atoms with van der Waals surface area (Å²) in [5.41, 5.74) is 0. The highest BCUT2D eigenvalue weighted by molar-refractivity contribution is 5.96. The van der Waals surface area contributed by atoms with E-state index in [1.54, 1.807) is 0 Å². The standard InChI is InChI=1S/C14H21NO5/c1-10(14(18)19)15-12(16)9-13(17)20-11-7-5-3-2-4-6-8-11/h7,10H,2-6,8-9H2,1H3,(H,15,16)(H,18,19)/b11-7+. The van der Waals surface area contributed by atoms with Gasteiger partial charge in [-0.3, -0.25) is 14.4 Å². The molecule has 0 bridgehead atoms. The van der Waals surface area contributed by atoms with E-state index in [2.05, 4.69) is 5.32 Å². The number of aliphatic carboxylic acids is 1. The zero-order valence-corrected chi connectivity index (χ0v) is 11.7. The number of rotatable bonds is 5. The predicted molar refractivity (Wildman–Crippen MR) is 71.7 cm³/mol. The SMILES string of the molecule is CC(NC(=O)CC(=O)O/C1=C/CCCCCC1)C(=O)O. The number of allylic oxidation sites excluding steroid dienone is 2. The fraction of sp³-hybridized carbons (Fsp3) is 0.643. The summed E-state index contributed by atoms with van der Waals surface area (Å²) in [6.45, 7) is 1.34. The Kier molecular flexibility index (Phi) is 6.76. The Hall–Kier alpha value is -1.85. The predicted octanol–water partition coefficient (Wildman–Crippen LogP) is 1.75. The zero-order valence-electron chi connectivity index (χ0n) is 11.7. The highest BCUT2D eigenvalue weighted by atomic mass is 16.5. The summed E-state index contributed by atoms with van der Waals surface area (Å²) in [4.78, 5) is 33.6. The highest BCUT2D eigenvalue weighted by Crippen LogP contribution is 2.18. The molecule has 1 rings (SSSR count). The van der Waals surface area contributed by atoms with Crippen LogP contribution < -0.4 is 5.32 Å². The Morgan fingerprint density at radius 1 is 1.30 bits per heavy atom. The fourth-order valence-electron chi connectivity index (χ4n) is 1.92. The van der Waals surface area contributed by atoms with Crippen LogP contribution in [0, 0.1) is 0 Å². The van der Waals surface area contributed by atoms with Crippen LogP contribution in [0.15, 0.2) is 11.8 Å². The Balaban J connectivity index is 2.38. The molecule has 6 nitrogen and oxygen atoms in total. The third-order valence-electron chi connectivity index (χ3n) is 3.05. The molecule has 0 aliphatic heterocycles. The molecule has 0 spiro atoms. The molecule has 0 fully saturated rings. The molecule has 1 aliphatic rings. The Bertz CT molecular complexity index is 402. The van der Waals surface area contributed by atoms with Gasteiger partial charge in [0.15, 0.2) is 0 Å². The van der Waals surface area contributed by atoms with Crippen molar-refractivity contribution in [2.75, 3.05) is 0 Å². The van der Waals surface area contributed by atoms with Gasteiger partial charge in [0.1, 0.15) is 18.2 Å². The molecule has 1 atom stereocenters. The minimum Gasteiger partial charge on any atom is -0.480 e. The number of hydrogen-bond acceptors (Lipinski definition) is 4. The van der Waals surface area contributed by atoms with Crippen molar-refractivity contribution in [2.45, 2.75) is 57.9 Å². The van der Waals surface area contributed by atoms with Crippen molar-refractivity contribution in [1.29, 1.82) is 0 Å². The molecule has 0 aromatic heterocycles. The van der Waals surface area contributed by atoms with Crippen molar-refractivity contribution in [3.8, 4) is 0 Å². The molecule has 1 aliphatic carbocycles. The summed E-state index contributed by atoms with van der Waals surface area (Å²) in [5, 5.41) is 10.9. The number of carboxylic acids is 1. The van der Waals surface area contributed by atoms with Gasteiger partial charge in [-0.2, -0.15) is 0 Å². The lowest BCUT2D eigenvalue weighted by molar-refractivity contribution is -0.146. The second-order valence-corrected chi connectivity index (χ2v) is 4.90. The molecule has 20 heavy (non-hydrogen) atoms. The van der Waals surface area contributed by atoms with Crippen molar-refractivity contribution in [3.63, 3.8) is 0 Å². The molecule has 1 unspecified atom stereocenters. The quantitative estimate of drug-likeness (QED) is 0.592. The minimum atomic E-state index is -1.14. The molecule has 2 N–H and O–H groups in total. The molecule has 0 heterocycles. The molecule has 0 aromatic rings. The van der Waals surface area contributed by atoms with Gasteiger partial charge in [0.25, 0.3) is 0 Å². The van der Waals surface area contributed by atoms with Crippen molar-refractivity contribution >= 4 is 17.8 Å². The van der Waals surface area contributed by atoms with Crippen LogP contribution in [0.5, 0.6) is 0 Å². The van der Waals surface area contributed by atoms with Crippen LogP contribution in [0.1, 0.15) is 51.9 Å². The van der Waals surface area contributed by atoms with Gasteiger partial charge >= 0.3 is 11.9 Å². The first-order valence-electron chi connectivity index (χ1n) is 6.91. The van der Waals surface area contributed by atoms with Gasteiger partial charge in [-0.25, -0.2) is 0 Å². The summed E-state index contributed by atoms with van der Waals surface area (Å²) in [7, 11) is 0. The van der Waals surface area contributed by atoms with E-state index >= 15 is 0 Å². The van der Waals surface area contributed by atoms with E-state index in [0.717, 1.165) is 25.7 Å². The summed E-state index contributed by atoms with van der Waals surface area (Å²) in [6.07, 6.45) is 7.38. The van der Waals surface area contributed by atoms with Crippen molar-refractivity contribution in [1.82, 2.24) is 5.32 Å².